The number of anilines is 2. The van der Waals surface area contributed by atoms with Crippen molar-refractivity contribution in [2.75, 3.05) is 10.6 Å². The number of halogens is 4. The molecule has 1 aliphatic heterocycles. The number of amides is 4. The summed E-state index contributed by atoms with van der Waals surface area (Å²) in [6, 6.07) is 3.18. The van der Waals surface area contributed by atoms with Crippen LogP contribution < -0.4 is 21.3 Å². The minimum Gasteiger partial charge on any atom is -0.336 e. The van der Waals surface area contributed by atoms with E-state index in [2.05, 4.69) is 10.6 Å². The lowest BCUT2D eigenvalue weighted by atomic mass is 10.0. The summed E-state index contributed by atoms with van der Waals surface area (Å²) in [5.74, 6) is -10.0. The topological polar surface area (TPSA) is 116 Å². The van der Waals surface area contributed by atoms with Gasteiger partial charge < -0.3 is 21.3 Å². The third-order valence-corrected chi connectivity index (χ3v) is 6.93. The highest BCUT2D eigenvalue weighted by Gasteiger charge is 2.52. The first-order chi connectivity index (χ1) is 13.1. The molecule has 1 aliphatic rings. The molecule has 0 fully saturated rings. The average Bonchev–Trinajstić information content (AvgIpc) is 2.57. The largest absolute Gasteiger partial charge is 0.400 e. The fourth-order valence-electron chi connectivity index (χ4n) is 2.25. The maximum absolute atomic E-state index is 14.3. The van der Waals surface area contributed by atoms with Gasteiger partial charge in [0, 0.05) is 7.14 Å². The SMILES string of the molecule is CC1(C)NC(=O)C(F)(F)C(=O)NC(C)(C)C(=O)Nc2cc(I)c(I)cc2NC1=O. The smallest absolute Gasteiger partial charge is 0.336 e. The highest BCUT2D eigenvalue weighted by atomic mass is 127. The Kier molecular flexibility index (Phi) is 6.47. The van der Waals surface area contributed by atoms with Gasteiger partial charge in [-0.05, 0) is 85.0 Å². The van der Waals surface area contributed by atoms with Crippen LogP contribution in [-0.2, 0) is 19.2 Å². The number of rotatable bonds is 0. The molecule has 29 heavy (non-hydrogen) atoms. The maximum Gasteiger partial charge on any atom is 0.400 e. The van der Waals surface area contributed by atoms with Gasteiger partial charge in [0.1, 0.15) is 11.1 Å². The van der Waals surface area contributed by atoms with E-state index in [0.29, 0.717) is 0 Å². The second kappa shape index (κ2) is 7.92. The molecule has 12 heteroatoms. The Morgan fingerprint density at radius 3 is 1.31 bits per heavy atom. The van der Waals surface area contributed by atoms with Gasteiger partial charge in [0.05, 0.1) is 11.4 Å². The van der Waals surface area contributed by atoms with Crippen molar-refractivity contribution in [1.82, 2.24) is 10.6 Å². The van der Waals surface area contributed by atoms with E-state index in [1.807, 2.05) is 55.8 Å². The van der Waals surface area contributed by atoms with Gasteiger partial charge >= 0.3 is 17.7 Å². The maximum atomic E-state index is 14.3. The Labute approximate surface area is 192 Å². The fourth-order valence-corrected chi connectivity index (χ4v) is 3.19. The standard InChI is InChI=1S/C17H18F2I2N4O4/c1-15(2)11(26)22-9-5-7(20)8(21)6-10(9)23-12(27)16(3,4)25-14(29)17(18,19)13(28)24-15/h5-6H,1-4H3,(H,22,26)(H,23,27)(H,24,28)(H,25,29). The van der Waals surface area contributed by atoms with Crippen molar-refractivity contribution in [1.29, 1.82) is 0 Å². The van der Waals surface area contributed by atoms with Gasteiger partial charge in [-0.1, -0.05) is 0 Å². The van der Waals surface area contributed by atoms with Crippen molar-refractivity contribution >= 4 is 80.2 Å². The first-order valence-electron chi connectivity index (χ1n) is 8.23. The summed E-state index contributed by atoms with van der Waals surface area (Å²) in [5, 5.41) is 8.85. The molecule has 0 bridgehead atoms. The van der Waals surface area contributed by atoms with E-state index < -0.39 is 40.6 Å². The predicted octanol–water partition coefficient (Wildman–Crippen LogP) is 2.21. The second-order valence-corrected chi connectivity index (χ2v) is 9.78. The van der Waals surface area contributed by atoms with E-state index in [1.165, 1.54) is 27.7 Å². The quantitative estimate of drug-likeness (QED) is 0.259. The molecule has 0 radical (unpaired) electrons. The zero-order valence-electron chi connectivity index (χ0n) is 15.8. The molecule has 0 atom stereocenters. The first-order valence-corrected chi connectivity index (χ1v) is 10.4. The zero-order valence-corrected chi connectivity index (χ0v) is 20.1. The van der Waals surface area contributed by atoms with Crippen LogP contribution >= 0.6 is 45.2 Å². The molecule has 0 spiro atoms. The van der Waals surface area contributed by atoms with E-state index in [1.54, 1.807) is 12.1 Å². The molecule has 158 valence electrons. The minimum absolute atomic E-state index is 0.212. The van der Waals surface area contributed by atoms with Crippen LogP contribution in [0.15, 0.2) is 12.1 Å². The van der Waals surface area contributed by atoms with E-state index >= 15 is 0 Å². The Balaban J connectivity index is 2.62. The minimum atomic E-state index is -4.50. The highest BCUT2D eigenvalue weighted by Crippen LogP contribution is 2.30. The van der Waals surface area contributed by atoms with Crippen LogP contribution in [0.5, 0.6) is 0 Å². The monoisotopic (exact) mass is 634 g/mol. The number of carbonyl (C=O) groups excluding carboxylic acids is 4. The Morgan fingerprint density at radius 2 is 1.00 bits per heavy atom. The number of alkyl halides is 2. The van der Waals surface area contributed by atoms with Gasteiger partial charge in [0.25, 0.3) is 0 Å². The summed E-state index contributed by atoms with van der Waals surface area (Å²) in [6.45, 7) is 4.86. The Hall–Kier alpha value is -1.58. The molecule has 4 amide bonds. The van der Waals surface area contributed by atoms with Crippen LogP contribution in [-0.4, -0.2) is 40.6 Å². The fraction of sp³-hybridized carbons (Fsp3) is 0.412. The van der Waals surface area contributed by atoms with Crippen molar-refractivity contribution in [2.45, 2.75) is 44.7 Å². The average molecular weight is 634 g/mol. The van der Waals surface area contributed by atoms with E-state index in [4.69, 9.17) is 0 Å². The van der Waals surface area contributed by atoms with Gasteiger partial charge in [-0.25, -0.2) is 0 Å². The molecule has 0 aromatic heterocycles. The van der Waals surface area contributed by atoms with Gasteiger partial charge in [0.15, 0.2) is 0 Å². The van der Waals surface area contributed by atoms with Crippen LogP contribution in [0.3, 0.4) is 0 Å². The van der Waals surface area contributed by atoms with Crippen molar-refractivity contribution < 1.29 is 28.0 Å². The van der Waals surface area contributed by atoms with Gasteiger partial charge in [-0.2, -0.15) is 8.78 Å². The predicted molar refractivity (Wildman–Crippen MR) is 119 cm³/mol. The normalized spacial score (nSPS) is 21.2. The van der Waals surface area contributed by atoms with Crippen LogP contribution in [0.2, 0.25) is 0 Å². The van der Waals surface area contributed by atoms with Crippen LogP contribution in [0.4, 0.5) is 20.2 Å². The van der Waals surface area contributed by atoms with Gasteiger partial charge in [-0.3, -0.25) is 19.2 Å². The molecule has 1 aromatic rings. The van der Waals surface area contributed by atoms with Crippen LogP contribution in [0, 0.1) is 7.14 Å². The molecule has 2 rings (SSSR count). The number of hydrogen-bond donors (Lipinski definition) is 4. The molecule has 4 N–H and O–H groups in total. The van der Waals surface area contributed by atoms with Gasteiger partial charge in [-0.15, -0.1) is 0 Å². The van der Waals surface area contributed by atoms with E-state index in [0.717, 1.165) is 7.14 Å². The van der Waals surface area contributed by atoms with Crippen LogP contribution in [0.1, 0.15) is 27.7 Å². The van der Waals surface area contributed by atoms with E-state index in [9.17, 15) is 28.0 Å². The first kappa shape index (κ1) is 23.7. The number of carbonyl (C=O) groups is 4. The number of hydrogen-bond acceptors (Lipinski definition) is 4. The lowest BCUT2D eigenvalue weighted by Gasteiger charge is -2.28. The molecule has 0 aliphatic carbocycles. The summed E-state index contributed by atoms with van der Waals surface area (Å²) in [7, 11) is 0. The third-order valence-electron chi connectivity index (χ3n) is 4.11. The van der Waals surface area contributed by atoms with Crippen molar-refractivity contribution in [3.05, 3.63) is 19.3 Å². The Morgan fingerprint density at radius 1 is 0.690 bits per heavy atom. The molecular weight excluding hydrogens is 616 g/mol. The summed E-state index contributed by atoms with van der Waals surface area (Å²) in [5.41, 5.74) is -3.13. The molecule has 0 saturated carbocycles. The number of benzene rings is 1. The van der Waals surface area contributed by atoms with Crippen molar-refractivity contribution in [3.8, 4) is 0 Å². The lowest BCUT2D eigenvalue weighted by molar-refractivity contribution is -0.163. The molecule has 1 heterocycles. The molecule has 0 saturated heterocycles. The molecule has 0 unspecified atom stereocenters. The van der Waals surface area contributed by atoms with Crippen molar-refractivity contribution in [2.24, 2.45) is 0 Å². The summed E-state index contributed by atoms with van der Waals surface area (Å²) < 4.78 is 30.1. The molecular formula is C17H18F2I2N4O4. The lowest BCUT2D eigenvalue weighted by Crippen LogP contribution is -2.63. The van der Waals surface area contributed by atoms with Crippen LogP contribution in [0.25, 0.3) is 0 Å². The summed E-state index contributed by atoms with van der Waals surface area (Å²) in [6.07, 6.45) is 0. The summed E-state index contributed by atoms with van der Waals surface area (Å²) >= 11 is 4.06. The van der Waals surface area contributed by atoms with E-state index in [-0.39, 0.29) is 11.4 Å². The third kappa shape index (κ3) is 4.95. The Bertz CT molecular complexity index is 848. The summed E-state index contributed by atoms with van der Waals surface area (Å²) in [4.78, 5) is 49.4. The molecule has 1 aromatic carbocycles. The molecule has 8 nitrogen and oxygen atoms in total. The highest BCUT2D eigenvalue weighted by molar-refractivity contribution is 14.1. The zero-order chi connectivity index (χ0) is 22.4. The van der Waals surface area contributed by atoms with Crippen molar-refractivity contribution in [3.63, 3.8) is 0 Å². The number of nitrogens with one attached hydrogen (secondary N) is 4. The number of fused-ring (bicyclic) bond motifs is 1. The van der Waals surface area contributed by atoms with Gasteiger partial charge in [0.2, 0.25) is 11.8 Å². The second-order valence-electron chi connectivity index (χ2n) is 7.45.